The molecule has 1 aromatic rings. The van der Waals surface area contributed by atoms with Gasteiger partial charge in [0.2, 0.25) is 0 Å². The second-order valence-corrected chi connectivity index (χ2v) is 3.53. The zero-order chi connectivity index (χ0) is 10.1. The number of fused-ring (bicyclic) bond motifs is 1. The zero-order valence-electron chi connectivity index (χ0n) is 7.67. The number of nitrogens with one attached hydrogen (secondary N) is 1. The van der Waals surface area contributed by atoms with Gasteiger partial charge in [0.05, 0.1) is 5.69 Å². The third kappa shape index (κ3) is 1.43. The van der Waals surface area contributed by atoms with E-state index in [0.29, 0.717) is 0 Å². The van der Waals surface area contributed by atoms with E-state index in [0.717, 1.165) is 36.9 Å². The molecule has 0 saturated heterocycles. The Kier molecular flexibility index (Phi) is 2.11. The number of rotatable bonds is 2. The lowest BCUT2D eigenvalue weighted by Crippen LogP contribution is -2.12. The third-order valence-corrected chi connectivity index (χ3v) is 2.55. The molecule has 0 saturated carbocycles. The smallest absolute Gasteiger partial charge is 0.378 e. The van der Waals surface area contributed by atoms with E-state index < -0.39 is 11.8 Å². The molecule has 0 spiro atoms. The number of hydrogen-bond donors (Lipinski definition) is 2. The number of aromatic nitrogens is 1. The number of aromatic amines is 1. The predicted molar refractivity (Wildman–Crippen MR) is 49.4 cm³/mol. The first-order chi connectivity index (χ1) is 6.68. The van der Waals surface area contributed by atoms with Crippen LogP contribution in [0.25, 0.3) is 0 Å². The number of hydrogen-bond acceptors (Lipinski definition) is 2. The minimum absolute atomic E-state index is 0.212. The summed E-state index contributed by atoms with van der Waals surface area (Å²) in [6, 6.07) is 1.67. The predicted octanol–water partition coefficient (Wildman–Crippen LogP) is 1.16. The lowest BCUT2D eigenvalue weighted by molar-refractivity contribution is -0.131. The molecular weight excluding hydrogens is 182 g/mol. The average molecular weight is 193 g/mol. The van der Waals surface area contributed by atoms with Crippen LogP contribution in [0.15, 0.2) is 6.07 Å². The largest absolute Gasteiger partial charge is 0.475 e. The SMILES string of the molecule is O=C(O)C(=O)c1cc2c([nH]1)CCCC2. The Labute approximate surface area is 80.9 Å². The molecule has 1 aromatic heterocycles. The summed E-state index contributed by atoms with van der Waals surface area (Å²) in [6.07, 6.45) is 4.08. The molecule has 1 aliphatic rings. The van der Waals surface area contributed by atoms with Crippen molar-refractivity contribution in [1.82, 2.24) is 4.98 Å². The van der Waals surface area contributed by atoms with E-state index in [1.807, 2.05) is 0 Å². The van der Waals surface area contributed by atoms with E-state index in [1.54, 1.807) is 6.07 Å². The van der Waals surface area contributed by atoms with Crippen LogP contribution in [0.4, 0.5) is 0 Å². The summed E-state index contributed by atoms with van der Waals surface area (Å²) >= 11 is 0. The van der Waals surface area contributed by atoms with Gasteiger partial charge < -0.3 is 10.1 Å². The van der Waals surface area contributed by atoms with E-state index in [2.05, 4.69) is 4.98 Å². The summed E-state index contributed by atoms with van der Waals surface area (Å²) in [5.74, 6) is -2.25. The van der Waals surface area contributed by atoms with Crippen LogP contribution >= 0.6 is 0 Å². The van der Waals surface area contributed by atoms with Crippen LogP contribution in [0.3, 0.4) is 0 Å². The van der Waals surface area contributed by atoms with Gasteiger partial charge in [0.15, 0.2) is 0 Å². The van der Waals surface area contributed by atoms with Crippen molar-refractivity contribution in [3.63, 3.8) is 0 Å². The zero-order valence-corrected chi connectivity index (χ0v) is 7.67. The molecule has 0 atom stereocenters. The number of H-pyrrole nitrogens is 1. The topological polar surface area (TPSA) is 70.2 Å². The molecule has 4 nitrogen and oxygen atoms in total. The van der Waals surface area contributed by atoms with Crippen molar-refractivity contribution in [3.05, 3.63) is 23.0 Å². The van der Waals surface area contributed by atoms with Crippen molar-refractivity contribution in [1.29, 1.82) is 0 Å². The van der Waals surface area contributed by atoms with Gasteiger partial charge in [-0.3, -0.25) is 4.79 Å². The molecule has 0 aromatic carbocycles. The van der Waals surface area contributed by atoms with Crippen LogP contribution in [-0.2, 0) is 17.6 Å². The fourth-order valence-electron chi connectivity index (χ4n) is 1.84. The summed E-state index contributed by atoms with van der Waals surface area (Å²) in [4.78, 5) is 24.5. The lowest BCUT2D eigenvalue weighted by atomic mass is 9.98. The number of Topliss-reactive ketones (excluding diaryl/α,β-unsaturated/α-hetero) is 1. The van der Waals surface area contributed by atoms with Crippen LogP contribution in [0, 0.1) is 0 Å². The van der Waals surface area contributed by atoms with Gasteiger partial charge in [-0.2, -0.15) is 0 Å². The molecular formula is C10H11NO3. The Morgan fingerprint density at radius 3 is 2.64 bits per heavy atom. The number of ketones is 1. The molecule has 0 unspecified atom stereocenters. The van der Waals surface area contributed by atoms with E-state index in [-0.39, 0.29) is 5.69 Å². The van der Waals surface area contributed by atoms with Gasteiger partial charge in [-0.25, -0.2) is 4.79 Å². The molecule has 1 heterocycles. The van der Waals surface area contributed by atoms with Gasteiger partial charge in [-0.15, -0.1) is 0 Å². The van der Waals surface area contributed by atoms with Crippen molar-refractivity contribution >= 4 is 11.8 Å². The normalized spacial score (nSPS) is 14.9. The van der Waals surface area contributed by atoms with E-state index in [1.165, 1.54) is 0 Å². The second-order valence-electron chi connectivity index (χ2n) is 3.53. The Balaban J connectivity index is 2.32. The highest BCUT2D eigenvalue weighted by Gasteiger charge is 2.20. The highest BCUT2D eigenvalue weighted by Crippen LogP contribution is 2.21. The Morgan fingerprint density at radius 2 is 2.00 bits per heavy atom. The average Bonchev–Trinajstić information content (AvgIpc) is 2.59. The first-order valence-electron chi connectivity index (χ1n) is 4.67. The minimum atomic E-state index is -1.40. The maximum atomic E-state index is 11.1. The van der Waals surface area contributed by atoms with Gasteiger partial charge in [-0.1, -0.05) is 0 Å². The highest BCUT2D eigenvalue weighted by atomic mass is 16.4. The number of aryl methyl sites for hydroxylation is 2. The number of carboxylic acid groups (broad SMARTS) is 1. The number of carbonyl (C=O) groups is 2. The molecule has 0 amide bonds. The molecule has 74 valence electrons. The molecule has 0 aliphatic heterocycles. The summed E-state index contributed by atoms with van der Waals surface area (Å²) in [6.45, 7) is 0. The second kappa shape index (κ2) is 3.29. The molecule has 2 rings (SSSR count). The molecule has 0 bridgehead atoms. The van der Waals surface area contributed by atoms with Crippen LogP contribution in [0.1, 0.15) is 34.6 Å². The van der Waals surface area contributed by atoms with Gasteiger partial charge in [0, 0.05) is 5.69 Å². The highest BCUT2D eigenvalue weighted by molar-refractivity contribution is 6.39. The van der Waals surface area contributed by atoms with Crippen molar-refractivity contribution in [3.8, 4) is 0 Å². The molecule has 2 N–H and O–H groups in total. The standard InChI is InChI=1S/C10H11NO3/c12-9(10(13)14)8-5-6-3-1-2-4-7(6)11-8/h5,11H,1-4H2,(H,13,14). The Morgan fingerprint density at radius 1 is 1.29 bits per heavy atom. The third-order valence-electron chi connectivity index (χ3n) is 2.55. The van der Waals surface area contributed by atoms with Crippen LogP contribution < -0.4 is 0 Å². The summed E-state index contributed by atoms with van der Waals surface area (Å²) in [5.41, 5.74) is 2.34. The lowest BCUT2D eigenvalue weighted by Gasteiger charge is -2.08. The van der Waals surface area contributed by atoms with Crippen LogP contribution in [0.5, 0.6) is 0 Å². The Hall–Kier alpha value is -1.58. The number of carboxylic acids is 1. The van der Waals surface area contributed by atoms with Crippen molar-refractivity contribution in [2.45, 2.75) is 25.7 Å². The maximum Gasteiger partial charge on any atom is 0.378 e. The Bertz CT molecular complexity index is 369. The first-order valence-corrected chi connectivity index (χ1v) is 4.67. The van der Waals surface area contributed by atoms with Gasteiger partial charge in [-0.05, 0) is 37.3 Å². The molecule has 0 radical (unpaired) electrons. The summed E-state index contributed by atoms with van der Waals surface area (Å²) in [7, 11) is 0. The summed E-state index contributed by atoms with van der Waals surface area (Å²) in [5, 5.41) is 8.53. The van der Waals surface area contributed by atoms with Crippen LogP contribution in [-0.4, -0.2) is 21.8 Å². The van der Waals surface area contributed by atoms with Gasteiger partial charge in [0.1, 0.15) is 0 Å². The molecule has 1 aliphatic carbocycles. The summed E-state index contributed by atoms with van der Waals surface area (Å²) < 4.78 is 0. The first kappa shape index (κ1) is 8.99. The van der Waals surface area contributed by atoms with E-state index in [9.17, 15) is 9.59 Å². The monoisotopic (exact) mass is 193 g/mol. The molecule has 14 heavy (non-hydrogen) atoms. The quantitative estimate of drug-likeness (QED) is 0.547. The van der Waals surface area contributed by atoms with Crippen molar-refractivity contribution in [2.24, 2.45) is 0 Å². The minimum Gasteiger partial charge on any atom is -0.475 e. The van der Waals surface area contributed by atoms with E-state index in [4.69, 9.17) is 5.11 Å². The van der Waals surface area contributed by atoms with Gasteiger partial charge in [0.25, 0.3) is 5.78 Å². The number of aliphatic carboxylic acids is 1. The number of carbonyl (C=O) groups excluding carboxylic acids is 1. The van der Waals surface area contributed by atoms with Crippen molar-refractivity contribution < 1.29 is 14.7 Å². The van der Waals surface area contributed by atoms with Crippen LogP contribution in [0.2, 0.25) is 0 Å². The molecule has 4 heteroatoms. The van der Waals surface area contributed by atoms with Gasteiger partial charge >= 0.3 is 5.97 Å². The fraction of sp³-hybridized carbons (Fsp3) is 0.400. The van der Waals surface area contributed by atoms with E-state index >= 15 is 0 Å². The fourth-order valence-corrected chi connectivity index (χ4v) is 1.84. The molecule has 0 fully saturated rings. The maximum absolute atomic E-state index is 11.1. The van der Waals surface area contributed by atoms with Crippen molar-refractivity contribution in [2.75, 3.05) is 0 Å².